The minimum absolute atomic E-state index is 0.261. The van der Waals surface area contributed by atoms with Gasteiger partial charge in [-0.3, -0.25) is 4.79 Å². The van der Waals surface area contributed by atoms with Crippen molar-refractivity contribution in [2.24, 2.45) is 0 Å². The summed E-state index contributed by atoms with van der Waals surface area (Å²) in [7, 11) is 1.55. The van der Waals surface area contributed by atoms with Crippen LogP contribution < -0.4 is 5.73 Å². The summed E-state index contributed by atoms with van der Waals surface area (Å²) in [6, 6.07) is 5.15. The molecule has 0 saturated heterocycles. The van der Waals surface area contributed by atoms with Gasteiger partial charge in [0.15, 0.2) is 5.69 Å². The third-order valence-corrected chi connectivity index (χ3v) is 3.15. The molecule has 0 aromatic heterocycles. The highest BCUT2D eigenvalue weighted by Gasteiger charge is 2.29. The van der Waals surface area contributed by atoms with E-state index in [0.29, 0.717) is 16.9 Å². The molecule has 1 rings (SSSR count). The number of nitriles is 1. The Labute approximate surface area is 113 Å². The fourth-order valence-electron chi connectivity index (χ4n) is 1.53. The highest BCUT2D eigenvalue weighted by molar-refractivity contribution is 6.01. The van der Waals surface area contributed by atoms with E-state index in [1.807, 2.05) is 0 Å². The summed E-state index contributed by atoms with van der Waals surface area (Å²) in [5.74, 6) is -0.363. The van der Waals surface area contributed by atoms with Gasteiger partial charge in [0.2, 0.25) is 0 Å². The molecule has 0 aliphatic heterocycles. The summed E-state index contributed by atoms with van der Waals surface area (Å²) in [5, 5.41) is 9.06. The molecule has 0 spiro atoms. The van der Waals surface area contributed by atoms with E-state index in [9.17, 15) is 4.79 Å². The topological polar surface area (TPSA) is 74.5 Å². The highest BCUT2D eigenvalue weighted by Crippen LogP contribution is 2.27. The largest absolute Gasteiger partial charge is 0.398 e. The zero-order chi connectivity index (χ0) is 14.8. The van der Waals surface area contributed by atoms with Gasteiger partial charge in [0.25, 0.3) is 5.91 Å². The number of aryl methyl sites for hydroxylation is 1. The lowest BCUT2D eigenvalue weighted by Crippen LogP contribution is -2.44. The lowest BCUT2D eigenvalue weighted by atomic mass is 10.0. The van der Waals surface area contributed by atoms with Crippen molar-refractivity contribution < 1.29 is 4.79 Å². The van der Waals surface area contributed by atoms with Crippen LogP contribution in [-0.4, -0.2) is 23.4 Å². The van der Waals surface area contributed by atoms with Crippen molar-refractivity contribution >= 4 is 17.3 Å². The number of nitrogens with zero attached hydrogens (tertiary/aromatic N) is 3. The fourth-order valence-corrected chi connectivity index (χ4v) is 1.53. The number of carbonyl (C=O) groups is 1. The number of anilines is 1. The molecule has 0 fully saturated rings. The fraction of sp³-hybridized carbons (Fsp3) is 0.357. The van der Waals surface area contributed by atoms with Gasteiger partial charge in [-0.1, -0.05) is 6.07 Å². The Bertz CT molecular complexity index is 605. The van der Waals surface area contributed by atoms with E-state index in [1.54, 1.807) is 33.9 Å². The summed E-state index contributed by atoms with van der Waals surface area (Å²) in [4.78, 5) is 17.0. The predicted octanol–water partition coefficient (Wildman–Crippen LogP) is 2.50. The molecule has 98 valence electrons. The molecule has 0 atom stereocenters. The van der Waals surface area contributed by atoms with Crippen molar-refractivity contribution in [3.8, 4) is 6.07 Å². The van der Waals surface area contributed by atoms with E-state index < -0.39 is 5.54 Å². The van der Waals surface area contributed by atoms with Gasteiger partial charge in [-0.2, -0.15) is 5.26 Å². The van der Waals surface area contributed by atoms with Crippen LogP contribution in [0.1, 0.15) is 29.8 Å². The van der Waals surface area contributed by atoms with Crippen molar-refractivity contribution in [1.29, 1.82) is 5.26 Å². The lowest BCUT2D eigenvalue weighted by Gasteiger charge is -2.29. The van der Waals surface area contributed by atoms with Crippen LogP contribution >= 0.6 is 0 Å². The van der Waals surface area contributed by atoms with Crippen LogP contribution in [0.15, 0.2) is 12.1 Å². The molecule has 5 heteroatoms. The SMILES string of the molecule is [C-]#[N+]c1cc(C)c(N)c(C(=O)N(C)C(C)(C)C#N)c1. The van der Waals surface area contributed by atoms with Crippen molar-refractivity contribution in [2.45, 2.75) is 26.3 Å². The van der Waals surface area contributed by atoms with Gasteiger partial charge in [0.05, 0.1) is 18.2 Å². The maximum Gasteiger partial charge on any atom is 0.255 e. The first-order valence-corrected chi connectivity index (χ1v) is 5.71. The molecule has 0 saturated carbocycles. The molecule has 0 bridgehead atoms. The van der Waals surface area contributed by atoms with E-state index in [2.05, 4.69) is 10.9 Å². The molecule has 1 aromatic rings. The summed E-state index contributed by atoms with van der Waals surface area (Å²) in [5.41, 5.74) is 6.60. The van der Waals surface area contributed by atoms with E-state index >= 15 is 0 Å². The first-order valence-electron chi connectivity index (χ1n) is 5.71. The number of nitrogens with two attached hydrogens (primary N) is 1. The third kappa shape index (κ3) is 2.66. The van der Waals surface area contributed by atoms with Crippen LogP contribution in [0.5, 0.6) is 0 Å². The van der Waals surface area contributed by atoms with Crippen LogP contribution in [0, 0.1) is 24.8 Å². The van der Waals surface area contributed by atoms with Crippen LogP contribution in [0.2, 0.25) is 0 Å². The second-order valence-corrected chi connectivity index (χ2v) is 4.87. The number of rotatable bonds is 2. The monoisotopic (exact) mass is 256 g/mol. The zero-order valence-electron chi connectivity index (χ0n) is 11.5. The van der Waals surface area contributed by atoms with Gasteiger partial charge in [0.1, 0.15) is 5.54 Å². The number of amides is 1. The van der Waals surface area contributed by atoms with E-state index in [-0.39, 0.29) is 11.5 Å². The molecule has 0 aliphatic carbocycles. The van der Waals surface area contributed by atoms with E-state index in [0.717, 1.165) is 0 Å². The Kier molecular flexibility index (Phi) is 3.82. The van der Waals surface area contributed by atoms with Crippen molar-refractivity contribution in [2.75, 3.05) is 12.8 Å². The standard InChI is InChI=1S/C14H16N4O/c1-9-6-10(17-4)7-11(12(9)16)13(19)18(5)14(2,3)8-15/h6-7H,16H2,1-3,5H3. The predicted molar refractivity (Wildman–Crippen MR) is 73.6 cm³/mol. The first-order chi connectivity index (χ1) is 8.74. The van der Waals surface area contributed by atoms with Crippen LogP contribution in [-0.2, 0) is 0 Å². The number of benzene rings is 1. The molecule has 0 heterocycles. The minimum atomic E-state index is -0.939. The summed E-state index contributed by atoms with van der Waals surface area (Å²) in [6.07, 6.45) is 0. The average Bonchev–Trinajstić information content (AvgIpc) is 2.39. The molecule has 19 heavy (non-hydrogen) atoms. The van der Waals surface area contributed by atoms with Crippen LogP contribution in [0.3, 0.4) is 0 Å². The normalized spacial score (nSPS) is 10.4. The summed E-state index contributed by atoms with van der Waals surface area (Å²) >= 11 is 0. The Hall–Kier alpha value is -2.53. The molecule has 2 N–H and O–H groups in total. The van der Waals surface area contributed by atoms with Crippen molar-refractivity contribution in [1.82, 2.24) is 4.90 Å². The molecule has 0 aliphatic rings. The molecule has 0 unspecified atom stereocenters. The Morgan fingerprint density at radius 2 is 2.11 bits per heavy atom. The second-order valence-electron chi connectivity index (χ2n) is 4.87. The summed E-state index contributed by atoms with van der Waals surface area (Å²) < 4.78 is 0. The minimum Gasteiger partial charge on any atom is -0.398 e. The lowest BCUT2D eigenvalue weighted by molar-refractivity contribution is 0.0699. The van der Waals surface area contributed by atoms with Crippen molar-refractivity contribution in [3.05, 3.63) is 34.7 Å². The number of nitrogen functional groups attached to an aromatic ring is 1. The van der Waals surface area contributed by atoms with Gasteiger partial charge in [0, 0.05) is 12.7 Å². The Balaban J connectivity index is 3.33. The molecular formula is C14H16N4O. The number of carbonyl (C=O) groups excluding carboxylic acids is 1. The van der Waals surface area contributed by atoms with E-state index in [1.165, 1.54) is 11.0 Å². The van der Waals surface area contributed by atoms with Gasteiger partial charge in [-0.05, 0) is 32.4 Å². The number of hydrogen-bond acceptors (Lipinski definition) is 3. The second kappa shape index (κ2) is 4.99. The van der Waals surface area contributed by atoms with Crippen molar-refractivity contribution in [3.63, 3.8) is 0 Å². The Morgan fingerprint density at radius 3 is 2.58 bits per heavy atom. The Morgan fingerprint density at radius 1 is 1.53 bits per heavy atom. The van der Waals surface area contributed by atoms with Crippen LogP contribution in [0.25, 0.3) is 4.85 Å². The van der Waals surface area contributed by atoms with Crippen LogP contribution in [0.4, 0.5) is 11.4 Å². The van der Waals surface area contributed by atoms with Gasteiger partial charge in [-0.15, -0.1) is 0 Å². The quantitative estimate of drug-likeness (QED) is 0.652. The maximum absolute atomic E-state index is 12.4. The first kappa shape index (κ1) is 14.5. The molecule has 5 nitrogen and oxygen atoms in total. The highest BCUT2D eigenvalue weighted by atomic mass is 16.2. The molecule has 1 aromatic carbocycles. The van der Waals surface area contributed by atoms with Gasteiger partial charge < -0.3 is 10.6 Å². The molecule has 1 amide bonds. The molecule has 0 radical (unpaired) electrons. The average molecular weight is 256 g/mol. The van der Waals surface area contributed by atoms with E-state index in [4.69, 9.17) is 17.6 Å². The number of hydrogen-bond donors (Lipinski definition) is 1. The summed E-state index contributed by atoms with van der Waals surface area (Å²) in [6.45, 7) is 12.1. The third-order valence-electron chi connectivity index (χ3n) is 3.15. The zero-order valence-corrected chi connectivity index (χ0v) is 11.5. The van der Waals surface area contributed by atoms with Gasteiger partial charge >= 0.3 is 0 Å². The smallest absolute Gasteiger partial charge is 0.255 e. The van der Waals surface area contributed by atoms with Gasteiger partial charge in [-0.25, -0.2) is 4.85 Å². The molecular weight excluding hydrogens is 240 g/mol. The maximum atomic E-state index is 12.4.